The van der Waals surface area contributed by atoms with Crippen LogP contribution in [0.2, 0.25) is 0 Å². The van der Waals surface area contributed by atoms with Crippen molar-refractivity contribution in [3.8, 4) is 6.07 Å². The lowest BCUT2D eigenvalue weighted by Gasteiger charge is -2.38. The normalized spacial score (nSPS) is 21.3. The molecule has 0 amide bonds. The Kier molecular flexibility index (Phi) is 3.96. The van der Waals surface area contributed by atoms with Gasteiger partial charge in [-0.3, -0.25) is 4.31 Å². The fourth-order valence-corrected chi connectivity index (χ4v) is 4.83. The Balaban J connectivity index is 2.10. The van der Waals surface area contributed by atoms with Gasteiger partial charge in [-0.15, -0.1) is 0 Å². The maximum absolute atomic E-state index is 12.7. The second kappa shape index (κ2) is 5.80. The first kappa shape index (κ1) is 15.7. The van der Waals surface area contributed by atoms with E-state index in [1.165, 1.54) is 8.61 Å². The van der Waals surface area contributed by atoms with Crippen molar-refractivity contribution in [2.24, 2.45) is 5.92 Å². The number of hydrogen-bond acceptors (Lipinski definition) is 4. The van der Waals surface area contributed by atoms with E-state index in [0.29, 0.717) is 31.0 Å². The topological polar surface area (TPSA) is 77.3 Å². The van der Waals surface area contributed by atoms with Crippen LogP contribution in [-0.4, -0.2) is 37.3 Å². The number of nitriles is 1. The molecule has 3 rings (SSSR count). The number of pyridine rings is 1. The van der Waals surface area contributed by atoms with Crippen molar-refractivity contribution in [1.29, 1.82) is 5.26 Å². The molecule has 1 atom stereocenters. The van der Waals surface area contributed by atoms with E-state index in [4.69, 9.17) is 5.26 Å². The van der Waals surface area contributed by atoms with E-state index in [1.807, 2.05) is 13.8 Å². The summed E-state index contributed by atoms with van der Waals surface area (Å²) in [6.07, 6.45) is 1.57. The van der Waals surface area contributed by atoms with Gasteiger partial charge in [-0.2, -0.15) is 18.0 Å². The quantitative estimate of drug-likeness (QED) is 0.845. The Morgan fingerprint density at radius 1 is 1.35 bits per heavy atom. The van der Waals surface area contributed by atoms with Crippen molar-refractivity contribution < 1.29 is 8.42 Å². The summed E-state index contributed by atoms with van der Waals surface area (Å²) in [5.74, 6) is 0.251. The number of benzene rings is 1. The van der Waals surface area contributed by atoms with Crippen LogP contribution in [0.5, 0.6) is 0 Å². The molecule has 0 saturated carbocycles. The minimum Gasteiger partial charge on any atom is -0.257 e. The summed E-state index contributed by atoms with van der Waals surface area (Å²) >= 11 is 0. The molecule has 23 heavy (non-hydrogen) atoms. The lowest BCUT2D eigenvalue weighted by atomic mass is 10.1. The van der Waals surface area contributed by atoms with E-state index in [1.54, 1.807) is 30.5 Å². The van der Waals surface area contributed by atoms with Crippen molar-refractivity contribution in [1.82, 2.24) is 9.29 Å². The van der Waals surface area contributed by atoms with Crippen molar-refractivity contribution in [2.75, 3.05) is 23.9 Å². The minimum absolute atomic E-state index is 0.251. The SMILES string of the molecule is CCN1C[C@@H](C)CN(c2ccc3c(C#N)nccc3c2)S1(=O)=O. The van der Waals surface area contributed by atoms with Gasteiger partial charge in [0.2, 0.25) is 0 Å². The summed E-state index contributed by atoms with van der Waals surface area (Å²) in [4.78, 5) is 4.03. The summed E-state index contributed by atoms with van der Waals surface area (Å²) in [7, 11) is -3.50. The third-order valence-electron chi connectivity index (χ3n) is 4.09. The highest BCUT2D eigenvalue weighted by Gasteiger charge is 2.35. The molecule has 1 fully saturated rings. The molecular formula is C16H18N4O2S. The maximum Gasteiger partial charge on any atom is 0.304 e. The van der Waals surface area contributed by atoms with Gasteiger partial charge in [0.15, 0.2) is 0 Å². The predicted octanol–water partition coefficient (Wildman–Crippen LogP) is 2.13. The number of aromatic nitrogens is 1. The molecule has 2 aromatic rings. The molecule has 1 saturated heterocycles. The smallest absolute Gasteiger partial charge is 0.257 e. The third-order valence-corrected chi connectivity index (χ3v) is 6.07. The second-order valence-corrected chi connectivity index (χ2v) is 7.62. The lowest BCUT2D eigenvalue weighted by Crippen LogP contribution is -2.53. The molecule has 1 aromatic carbocycles. The van der Waals surface area contributed by atoms with Gasteiger partial charge in [-0.05, 0) is 35.6 Å². The zero-order valence-electron chi connectivity index (χ0n) is 13.1. The van der Waals surface area contributed by atoms with Gasteiger partial charge in [0.1, 0.15) is 11.8 Å². The number of hydrogen-bond donors (Lipinski definition) is 0. The van der Waals surface area contributed by atoms with Crippen molar-refractivity contribution in [2.45, 2.75) is 13.8 Å². The fourth-order valence-electron chi connectivity index (χ4n) is 2.96. The first-order valence-corrected chi connectivity index (χ1v) is 8.93. The van der Waals surface area contributed by atoms with Gasteiger partial charge in [0.05, 0.1) is 5.69 Å². The molecule has 0 radical (unpaired) electrons. The molecule has 1 aliphatic heterocycles. The van der Waals surface area contributed by atoms with Crippen LogP contribution in [0.15, 0.2) is 30.5 Å². The van der Waals surface area contributed by atoms with E-state index in [0.717, 1.165) is 10.8 Å². The lowest BCUT2D eigenvalue weighted by molar-refractivity contribution is 0.345. The Morgan fingerprint density at radius 2 is 2.13 bits per heavy atom. The fraction of sp³-hybridized carbons (Fsp3) is 0.375. The van der Waals surface area contributed by atoms with Crippen LogP contribution in [0.1, 0.15) is 19.5 Å². The highest BCUT2D eigenvalue weighted by atomic mass is 32.2. The highest BCUT2D eigenvalue weighted by molar-refractivity contribution is 7.90. The Hall–Kier alpha value is -2.17. The van der Waals surface area contributed by atoms with Crippen LogP contribution >= 0.6 is 0 Å². The highest BCUT2D eigenvalue weighted by Crippen LogP contribution is 2.30. The number of anilines is 1. The second-order valence-electron chi connectivity index (χ2n) is 5.77. The number of nitrogens with zero attached hydrogens (tertiary/aromatic N) is 4. The minimum atomic E-state index is -3.50. The first-order chi connectivity index (χ1) is 11.0. The van der Waals surface area contributed by atoms with Gasteiger partial charge in [0, 0.05) is 31.2 Å². The van der Waals surface area contributed by atoms with Crippen molar-refractivity contribution in [3.05, 3.63) is 36.2 Å². The molecule has 0 aliphatic carbocycles. The Bertz CT molecular complexity index is 889. The van der Waals surface area contributed by atoms with E-state index in [-0.39, 0.29) is 5.92 Å². The molecule has 7 heteroatoms. The van der Waals surface area contributed by atoms with E-state index >= 15 is 0 Å². The average Bonchev–Trinajstić information content (AvgIpc) is 2.55. The van der Waals surface area contributed by atoms with Crippen LogP contribution in [0.4, 0.5) is 5.69 Å². The summed E-state index contributed by atoms with van der Waals surface area (Å²) in [6.45, 7) is 5.35. The molecule has 0 unspecified atom stereocenters. The predicted molar refractivity (Wildman–Crippen MR) is 89.1 cm³/mol. The van der Waals surface area contributed by atoms with E-state index in [9.17, 15) is 8.42 Å². The van der Waals surface area contributed by atoms with Crippen LogP contribution in [0, 0.1) is 17.2 Å². The summed E-state index contributed by atoms with van der Waals surface area (Å²) in [5.41, 5.74) is 0.969. The molecule has 1 aliphatic rings. The van der Waals surface area contributed by atoms with Crippen LogP contribution in [0.25, 0.3) is 10.8 Å². The zero-order valence-corrected chi connectivity index (χ0v) is 13.9. The van der Waals surface area contributed by atoms with Crippen LogP contribution in [-0.2, 0) is 10.2 Å². The molecule has 0 spiro atoms. The van der Waals surface area contributed by atoms with Gasteiger partial charge in [-0.1, -0.05) is 13.8 Å². The van der Waals surface area contributed by atoms with Crippen LogP contribution < -0.4 is 4.31 Å². The summed E-state index contributed by atoms with van der Waals surface area (Å²) in [6, 6.07) is 9.16. The maximum atomic E-state index is 12.7. The number of rotatable bonds is 2. The average molecular weight is 330 g/mol. The van der Waals surface area contributed by atoms with Crippen molar-refractivity contribution >= 4 is 26.7 Å². The van der Waals surface area contributed by atoms with Crippen molar-refractivity contribution in [3.63, 3.8) is 0 Å². The van der Waals surface area contributed by atoms with Gasteiger partial charge in [-0.25, -0.2) is 4.98 Å². The number of fused-ring (bicyclic) bond motifs is 1. The Morgan fingerprint density at radius 3 is 2.83 bits per heavy atom. The standard InChI is InChI=1S/C16H18N4O2S/c1-3-19-10-12(2)11-20(23(19,21)22)14-4-5-15-13(8-14)6-7-18-16(15)9-17/h4-8,12H,3,10-11H2,1-2H3/t12-/m1/s1. The van der Waals surface area contributed by atoms with Gasteiger partial charge in [0.25, 0.3) is 0 Å². The largest absolute Gasteiger partial charge is 0.304 e. The molecule has 0 N–H and O–H groups in total. The zero-order chi connectivity index (χ0) is 16.6. The van der Waals surface area contributed by atoms with Crippen LogP contribution in [0.3, 0.4) is 0 Å². The molecule has 120 valence electrons. The molecule has 0 bridgehead atoms. The molecule has 6 nitrogen and oxygen atoms in total. The Labute approximate surface area is 136 Å². The molecule has 1 aromatic heterocycles. The third kappa shape index (κ3) is 2.64. The van der Waals surface area contributed by atoms with E-state index < -0.39 is 10.2 Å². The van der Waals surface area contributed by atoms with Gasteiger partial charge >= 0.3 is 10.2 Å². The summed E-state index contributed by atoms with van der Waals surface area (Å²) < 4.78 is 28.4. The monoisotopic (exact) mass is 330 g/mol. The van der Waals surface area contributed by atoms with E-state index in [2.05, 4.69) is 11.1 Å². The first-order valence-electron chi connectivity index (χ1n) is 7.54. The molecule has 2 heterocycles. The van der Waals surface area contributed by atoms with Gasteiger partial charge < -0.3 is 0 Å². The molecular weight excluding hydrogens is 312 g/mol. The summed E-state index contributed by atoms with van der Waals surface area (Å²) in [5, 5.41) is 10.7.